The topological polar surface area (TPSA) is 130 Å². The van der Waals surface area contributed by atoms with Crippen molar-refractivity contribution < 1.29 is 22.9 Å². The van der Waals surface area contributed by atoms with E-state index in [2.05, 4.69) is 5.32 Å². The third-order valence-corrected chi connectivity index (χ3v) is 7.17. The van der Waals surface area contributed by atoms with Crippen LogP contribution in [0.15, 0.2) is 36.4 Å². The molecule has 0 aliphatic heterocycles. The number of nitro benzene ring substituents is 1. The minimum Gasteiger partial charge on any atom is -0.352 e. The van der Waals surface area contributed by atoms with Gasteiger partial charge >= 0.3 is 0 Å². The van der Waals surface area contributed by atoms with Crippen LogP contribution in [-0.4, -0.2) is 54.9 Å². The second-order valence-electron chi connectivity index (χ2n) is 8.56. The summed E-state index contributed by atoms with van der Waals surface area (Å²) in [5, 5.41) is 14.6. The number of rotatable bonds is 10. The molecule has 10 nitrogen and oxygen atoms in total. The number of hydrogen-bond acceptors (Lipinski definition) is 6. The van der Waals surface area contributed by atoms with Gasteiger partial charge in [-0.05, 0) is 45.4 Å². The zero-order valence-electron chi connectivity index (χ0n) is 20.5. The van der Waals surface area contributed by atoms with Crippen LogP contribution in [0.5, 0.6) is 0 Å². The molecule has 0 aromatic heterocycles. The molecule has 0 saturated heterocycles. The number of halogens is 2. The molecule has 13 heteroatoms. The minimum atomic E-state index is -4.06. The Kier molecular flexibility index (Phi) is 9.70. The van der Waals surface area contributed by atoms with Crippen LogP contribution in [0.25, 0.3) is 0 Å². The van der Waals surface area contributed by atoms with Crippen molar-refractivity contribution in [2.24, 2.45) is 0 Å². The monoisotopic (exact) mass is 558 g/mol. The Morgan fingerprint density at radius 2 is 1.69 bits per heavy atom. The van der Waals surface area contributed by atoms with Crippen LogP contribution in [0.4, 0.5) is 11.4 Å². The van der Waals surface area contributed by atoms with Gasteiger partial charge in [-0.2, -0.15) is 0 Å². The average Bonchev–Trinajstić information content (AvgIpc) is 2.76. The summed E-state index contributed by atoms with van der Waals surface area (Å²) in [5.74, 6) is -1.19. The van der Waals surface area contributed by atoms with Gasteiger partial charge in [0.05, 0.1) is 16.9 Å². The van der Waals surface area contributed by atoms with Crippen molar-refractivity contribution in [1.82, 2.24) is 10.2 Å². The first kappa shape index (κ1) is 29.3. The minimum absolute atomic E-state index is 0.0185. The first-order valence-electron chi connectivity index (χ1n) is 10.9. The molecule has 0 radical (unpaired) electrons. The van der Waals surface area contributed by atoms with E-state index in [1.165, 1.54) is 24.0 Å². The third kappa shape index (κ3) is 7.31. The normalized spacial score (nSPS) is 12.2. The summed E-state index contributed by atoms with van der Waals surface area (Å²) in [5.41, 5.74) is 0.442. The number of hydrogen-bond donors (Lipinski definition) is 1. The van der Waals surface area contributed by atoms with Gasteiger partial charge in [0.2, 0.25) is 21.8 Å². The van der Waals surface area contributed by atoms with E-state index < -0.39 is 39.3 Å². The molecule has 36 heavy (non-hydrogen) atoms. The maximum atomic E-state index is 13.6. The molecule has 196 valence electrons. The van der Waals surface area contributed by atoms with Crippen molar-refractivity contribution in [3.8, 4) is 0 Å². The Balaban J connectivity index is 2.54. The number of benzene rings is 2. The number of nitro groups is 1. The highest BCUT2D eigenvalue weighted by Crippen LogP contribution is 2.29. The van der Waals surface area contributed by atoms with Gasteiger partial charge in [-0.25, -0.2) is 8.42 Å². The summed E-state index contributed by atoms with van der Waals surface area (Å²) in [4.78, 5) is 38.2. The smallest absolute Gasteiger partial charge is 0.271 e. The molecule has 0 aliphatic rings. The third-order valence-electron chi connectivity index (χ3n) is 5.34. The molecule has 0 unspecified atom stereocenters. The highest BCUT2D eigenvalue weighted by atomic mass is 35.5. The number of anilines is 1. The van der Waals surface area contributed by atoms with Crippen LogP contribution in [0.1, 0.15) is 31.9 Å². The quantitative estimate of drug-likeness (QED) is 0.347. The molecule has 1 N–H and O–H groups in total. The molecule has 2 rings (SSSR count). The Labute approximate surface area is 220 Å². The maximum absolute atomic E-state index is 13.6. The lowest BCUT2D eigenvalue weighted by Crippen LogP contribution is -2.52. The van der Waals surface area contributed by atoms with Crippen molar-refractivity contribution in [1.29, 1.82) is 0 Å². The summed E-state index contributed by atoms with van der Waals surface area (Å²) in [6, 6.07) is 7.31. The van der Waals surface area contributed by atoms with Crippen LogP contribution < -0.4 is 9.62 Å². The predicted octanol–water partition coefficient (Wildman–Crippen LogP) is 3.92. The molecule has 2 aromatic carbocycles. The predicted molar refractivity (Wildman–Crippen MR) is 140 cm³/mol. The van der Waals surface area contributed by atoms with Gasteiger partial charge in [-0.15, -0.1) is 0 Å². The number of amides is 2. The molecule has 2 aromatic rings. The van der Waals surface area contributed by atoms with E-state index in [0.29, 0.717) is 11.1 Å². The Morgan fingerprint density at radius 3 is 2.19 bits per heavy atom. The van der Waals surface area contributed by atoms with Crippen molar-refractivity contribution in [2.75, 3.05) is 17.1 Å². The van der Waals surface area contributed by atoms with Gasteiger partial charge in [-0.3, -0.25) is 24.0 Å². The van der Waals surface area contributed by atoms with Crippen LogP contribution >= 0.6 is 23.2 Å². The number of nitrogens with one attached hydrogen (secondary N) is 1. The Bertz CT molecular complexity index is 1250. The zero-order valence-corrected chi connectivity index (χ0v) is 22.8. The summed E-state index contributed by atoms with van der Waals surface area (Å²) in [6.07, 6.45) is 0.892. The van der Waals surface area contributed by atoms with Gasteiger partial charge in [0.15, 0.2) is 0 Å². The second kappa shape index (κ2) is 11.9. The largest absolute Gasteiger partial charge is 0.352 e. The van der Waals surface area contributed by atoms with Gasteiger partial charge in [-0.1, -0.05) is 35.3 Å². The molecular weight excluding hydrogens is 531 g/mol. The van der Waals surface area contributed by atoms with Crippen LogP contribution in [-0.2, 0) is 26.2 Å². The highest BCUT2D eigenvalue weighted by molar-refractivity contribution is 7.92. The molecule has 0 spiro atoms. The van der Waals surface area contributed by atoms with Crippen LogP contribution in [0.2, 0.25) is 10.0 Å². The molecule has 0 aliphatic carbocycles. The Morgan fingerprint density at radius 1 is 1.11 bits per heavy atom. The first-order valence-corrected chi connectivity index (χ1v) is 13.5. The lowest BCUT2D eigenvalue weighted by atomic mass is 10.1. The number of nitrogens with zero attached hydrogens (tertiary/aromatic N) is 3. The number of carbonyl (C=O) groups excluding carboxylic acids is 2. The van der Waals surface area contributed by atoms with Gasteiger partial charge < -0.3 is 10.2 Å². The summed E-state index contributed by atoms with van der Waals surface area (Å²) in [6.45, 7) is 5.72. The SMILES string of the molecule is Cc1ccc([N+](=O)[O-])cc1N(CC(=O)N(Cc1c(Cl)cccc1Cl)[C@H](C)C(=O)NC(C)C)S(C)(=O)=O. The van der Waals surface area contributed by atoms with Crippen LogP contribution in [0, 0.1) is 17.0 Å². The van der Waals surface area contributed by atoms with E-state index in [4.69, 9.17) is 23.2 Å². The molecule has 0 bridgehead atoms. The van der Waals surface area contributed by atoms with E-state index in [0.717, 1.165) is 16.6 Å². The van der Waals surface area contributed by atoms with E-state index in [1.807, 2.05) is 0 Å². The van der Waals surface area contributed by atoms with E-state index in [-0.39, 0.29) is 34.0 Å². The molecule has 0 fully saturated rings. The molecule has 1 atom stereocenters. The summed E-state index contributed by atoms with van der Waals surface area (Å²) >= 11 is 12.6. The number of non-ortho nitro benzene ring substituents is 1. The number of carbonyl (C=O) groups is 2. The van der Waals surface area contributed by atoms with Crippen molar-refractivity contribution in [2.45, 2.75) is 46.3 Å². The van der Waals surface area contributed by atoms with Gasteiger partial charge in [0, 0.05) is 40.3 Å². The number of sulfonamides is 1. The lowest BCUT2D eigenvalue weighted by Gasteiger charge is -2.32. The molecule has 0 saturated carbocycles. The first-order chi connectivity index (χ1) is 16.6. The van der Waals surface area contributed by atoms with E-state index >= 15 is 0 Å². The van der Waals surface area contributed by atoms with Gasteiger partial charge in [0.25, 0.3) is 5.69 Å². The van der Waals surface area contributed by atoms with Gasteiger partial charge in [0.1, 0.15) is 12.6 Å². The van der Waals surface area contributed by atoms with Crippen molar-refractivity contribution in [3.63, 3.8) is 0 Å². The lowest BCUT2D eigenvalue weighted by molar-refractivity contribution is -0.384. The van der Waals surface area contributed by atoms with E-state index in [1.54, 1.807) is 39.0 Å². The molecule has 0 heterocycles. The maximum Gasteiger partial charge on any atom is 0.271 e. The van der Waals surface area contributed by atoms with Crippen molar-refractivity contribution in [3.05, 3.63) is 67.7 Å². The van der Waals surface area contributed by atoms with Crippen molar-refractivity contribution >= 4 is 56.4 Å². The average molecular weight is 559 g/mol. The van der Waals surface area contributed by atoms with E-state index in [9.17, 15) is 28.1 Å². The zero-order chi connectivity index (χ0) is 27.4. The molecule has 2 amide bonds. The van der Waals surface area contributed by atoms with Crippen LogP contribution in [0.3, 0.4) is 0 Å². The Hall–Kier alpha value is -2.89. The highest BCUT2D eigenvalue weighted by Gasteiger charge is 2.32. The standard InChI is InChI=1S/C23H28Cl2N4O6S/c1-14(2)26-23(31)16(4)27(12-18-19(24)7-6-8-20(18)25)22(30)13-28(36(5,34)35)21-11-17(29(32)33)10-9-15(21)3/h6-11,14,16H,12-13H2,1-5H3,(H,26,31)/t16-/m1/s1. The number of aryl methyl sites for hydroxylation is 1. The second-order valence-corrected chi connectivity index (χ2v) is 11.3. The summed E-state index contributed by atoms with van der Waals surface area (Å²) in [7, 11) is -4.06. The fraction of sp³-hybridized carbons (Fsp3) is 0.391. The molecular formula is C23H28Cl2N4O6S. The fourth-order valence-electron chi connectivity index (χ4n) is 3.42. The fourth-order valence-corrected chi connectivity index (χ4v) is 4.83. The summed E-state index contributed by atoms with van der Waals surface area (Å²) < 4.78 is 26.2.